The third-order valence-corrected chi connectivity index (χ3v) is 3.05. The van der Waals surface area contributed by atoms with Crippen LogP contribution in [0.2, 0.25) is 0 Å². The zero-order valence-corrected chi connectivity index (χ0v) is 11.5. The van der Waals surface area contributed by atoms with E-state index in [-0.39, 0.29) is 5.69 Å². The van der Waals surface area contributed by atoms with Crippen LogP contribution in [-0.4, -0.2) is 9.97 Å². The van der Waals surface area contributed by atoms with Crippen LogP contribution in [-0.2, 0) is 0 Å². The Balaban J connectivity index is 2.08. The molecule has 3 nitrogen and oxygen atoms in total. The summed E-state index contributed by atoms with van der Waals surface area (Å²) in [6.45, 7) is 2.03. The van der Waals surface area contributed by atoms with Crippen molar-refractivity contribution in [1.82, 2.24) is 9.97 Å². The average molecular weight is 269 g/mol. The lowest BCUT2D eigenvalue weighted by molar-refractivity contribution is 1.21. The predicted molar refractivity (Wildman–Crippen MR) is 81.4 cm³/mol. The molecule has 0 N–H and O–H groups in total. The summed E-state index contributed by atoms with van der Waals surface area (Å²) in [6, 6.07) is 17.4. The molecule has 1 aromatic heterocycles. The number of nitriles is 1. The van der Waals surface area contributed by atoms with Gasteiger partial charge in [-0.1, -0.05) is 35.7 Å². The molecule has 0 amide bonds. The first-order valence-corrected chi connectivity index (χ1v) is 6.52. The number of fused-ring (bicyclic) bond motifs is 1. The molecule has 0 atom stereocenters. The van der Waals surface area contributed by atoms with E-state index >= 15 is 0 Å². The Kier molecular flexibility index (Phi) is 3.33. The summed E-state index contributed by atoms with van der Waals surface area (Å²) in [7, 11) is 0. The fraction of sp³-hybridized carbons (Fsp3) is 0.0556. The van der Waals surface area contributed by atoms with Gasteiger partial charge in [0.2, 0.25) is 0 Å². The van der Waals surface area contributed by atoms with Gasteiger partial charge in [0.05, 0.1) is 11.0 Å². The van der Waals surface area contributed by atoms with E-state index in [1.807, 2.05) is 55.5 Å². The zero-order chi connectivity index (χ0) is 14.7. The van der Waals surface area contributed by atoms with E-state index in [0.29, 0.717) is 11.2 Å². The Labute approximate surface area is 122 Å². The molecule has 2 aromatic carbocycles. The van der Waals surface area contributed by atoms with Crippen LogP contribution in [0, 0.1) is 30.1 Å². The lowest BCUT2D eigenvalue weighted by Crippen LogP contribution is -1.95. The molecule has 0 spiro atoms. The first-order chi connectivity index (χ1) is 10.3. The number of hydrogen-bond donors (Lipinski definition) is 0. The van der Waals surface area contributed by atoms with E-state index < -0.39 is 0 Å². The maximum atomic E-state index is 9.19. The minimum Gasteiger partial charge on any atom is -0.235 e. The molecule has 0 aliphatic heterocycles. The van der Waals surface area contributed by atoms with Gasteiger partial charge in [-0.15, -0.1) is 0 Å². The van der Waals surface area contributed by atoms with Crippen LogP contribution in [0.3, 0.4) is 0 Å². The van der Waals surface area contributed by atoms with Gasteiger partial charge in [0, 0.05) is 5.56 Å². The van der Waals surface area contributed by atoms with Crippen molar-refractivity contribution in [1.29, 1.82) is 5.26 Å². The van der Waals surface area contributed by atoms with E-state index in [4.69, 9.17) is 0 Å². The average Bonchev–Trinajstić information content (AvgIpc) is 2.53. The van der Waals surface area contributed by atoms with Gasteiger partial charge in [0.25, 0.3) is 0 Å². The van der Waals surface area contributed by atoms with E-state index in [9.17, 15) is 5.26 Å². The van der Waals surface area contributed by atoms with Crippen molar-refractivity contribution in [2.45, 2.75) is 6.92 Å². The standard InChI is InChI=1S/C18H11N3/c1-13-6-8-14(9-7-13)10-11-17-18(12-19)21-16-5-3-2-4-15(16)20-17/h2-9H,1H3. The van der Waals surface area contributed by atoms with Crippen LogP contribution in [0.4, 0.5) is 0 Å². The third-order valence-electron chi connectivity index (χ3n) is 3.05. The Hall–Kier alpha value is -3.17. The van der Waals surface area contributed by atoms with E-state index in [2.05, 4.69) is 27.9 Å². The molecular formula is C18H11N3. The molecule has 0 aliphatic rings. The van der Waals surface area contributed by atoms with Gasteiger partial charge in [-0.2, -0.15) is 5.26 Å². The Bertz CT molecular complexity index is 907. The monoisotopic (exact) mass is 269 g/mol. The SMILES string of the molecule is Cc1ccc(C#Cc2nc3ccccc3nc2C#N)cc1. The van der Waals surface area contributed by atoms with Crippen LogP contribution in [0.15, 0.2) is 48.5 Å². The summed E-state index contributed by atoms with van der Waals surface area (Å²) in [5, 5.41) is 9.19. The lowest BCUT2D eigenvalue weighted by atomic mass is 10.1. The molecular weight excluding hydrogens is 258 g/mol. The van der Waals surface area contributed by atoms with E-state index in [0.717, 1.165) is 11.1 Å². The van der Waals surface area contributed by atoms with E-state index in [1.54, 1.807) is 0 Å². The number of aromatic nitrogens is 2. The predicted octanol–water partition coefficient (Wildman–Crippen LogP) is 3.21. The minimum absolute atomic E-state index is 0.258. The summed E-state index contributed by atoms with van der Waals surface area (Å²) in [6.07, 6.45) is 0. The second-order valence-electron chi connectivity index (χ2n) is 4.64. The fourth-order valence-corrected chi connectivity index (χ4v) is 1.93. The van der Waals surface area contributed by atoms with Gasteiger partial charge in [-0.3, -0.25) is 0 Å². The number of hydrogen-bond acceptors (Lipinski definition) is 3. The first kappa shape index (κ1) is 12.8. The summed E-state index contributed by atoms with van der Waals surface area (Å²) in [4.78, 5) is 8.71. The van der Waals surface area contributed by atoms with Crippen molar-refractivity contribution >= 4 is 11.0 Å². The molecule has 0 radical (unpaired) electrons. The van der Waals surface area contributed by atoms with Crippen molar-refractivity contribution in [3.8, 4) is 17.9 Å². The molecule has 0 saturated heterocycles. The van der Waals surface area contributed by atoms with Crippen molar-refractivity contribution in [3.63, 3.8) is 0 Å². The minimum atomic E-state index is 0.258. The highest BCUT2D eigenvalue weighted by Gasteiger charge is 2.05. The van der Waals surface area contributed by atoms with Gasteiger partial charge in [0.15, 0.2) is 11.4 Å². The van der Waals surface area contributed by atoms with E-state index in [1.165, 1.54) is 5.56 Å². The molecule has 98 valence electrons. The highest BCUT2D eigenvalue weighted by molar-refractivity contribution is 5.75. The zero-order valence-electron chi connectivity index (χ0n) is 11.5. The molecule has 21 heavy (non-hydrogen) atoms. The van der Waals surface area contributed by atoms with Crippen molar-refractivity contribution in [3.05, 3.63) is 71.0 Å². The maximum absolute atomic E-state index is 9.19. The molecule has 0 saturated carbocycles. The van der Waals surface area contributed by atoms with Crippen LogP contribution in [0.1, 0.15) is 22.5 Å². The highest BCUT2D eigenvalue weighted by Crippen LogP contribution is 2.11. The third kappa shape index (κ3) is 2.73. The normalized spacial score (nSPS) is 9.71. The number of rotatable bonds is 0. The molecule has 0 unspecified atom stereocenters. The van der Waals surface area contributed by atoms with Gasteiger partial charge >= 0.3 is 0 Å². The quantitative estimate of drug-likeness (QED) is 0.589. The van der Waals surface area contributed by atoms with Gasteiger partial charge in [-0.25, -0.2) is 9.97 Å². The number of para-hydroxylation sites is 2. The summed E-state index contributed by atoms with van der Waals surface area (Å²) in [5.74, 6) is 5.97. The Morgan fingerprint density at radius 3 is 2.05 bits per heavy atom. The lowest BCUT2D eigenvalue weighted by Gasteiger charge is -1.99. The second-order valence-corrected chi connectivity index (χ2v) is 4.64. The van der Waals surface area contributed by atoms with Crippen LogP contribution < -0.4 is 0 Å². The molecule has 3 rings (SSSR count). The smallest absolute Gasteiger partial charge is 0.175 e. The van der Waals surface area contributed by atoms with Crippen molar-refractivity contribution in [2.75, 3.05) is 0 Å². The number of aryl methyl sites for hydroxylation is 1. The Morgan fingerprint density at radius 2 is 1.43 bits per heavy atom. The summed E-state index contributed by atoms with van der Waals surface area (Å²) in [5.41, 5.74) is 4.19. The summed E-state index contributed by atoms with van der Waals surface area (Å²) < 4.78 is 0. The van der Waals surface area contributed by atoms with Gasteiger partial charge in [-0.05, 0) is 37.1 Å². The second kappa shape index (κ2) is 5.45. The largest absolute Gasteiger partial charge is 0.235 e. The van der Waals surface area contributed by atoms with Crippen LogP contribution in [0.25, 0.3) is 11.0 Å². The first-order valence-electron chi connectivity index (χ1n) is 6.52. The molecule has 0 aliphatic carbocycles. The molecule has 3 aromatic rings. The van der Waals surface area contributed by atoms with Crippen molar-refractivity contribution in [2.24, 2.45) is 0 Å². The fourth-order valence-electron chi connectivity index (χ4n) is 1.93. The Morgan fingerprint density at radius 1 is 0.810 bits per heavy atom. The molecule has 1 heterocycles. The van der Waals surface area contributed by atoms with Gasteiger partial charge < -0.3 is 0 Å². The highest BCUT2D eigenvalue weighted by atomic mass is 14.8. The number of nitrogens with zero attached hydrogens (tertiary/aromatic N) is 3. The molecule has 0 bridgehead atoms. The van der Waals surface area contributed by atoms with Crippen LogP contribution >= 0.6 is 0 Å². The number of benzene rings is 2. The topological polar surface area (TPSA) is 49.6 Å². The van der Waals surface area contributed by atoms with Gasteiger partial charge in [0.1, 0.15) is 6.07 Å². The van der Waals surface area contributed by atoms with Crippen molar-refractivity contribution < 1.29 is 0 Å². The molecule has 3 heteroatoms. The summed E-state index contributed by atoms with van der Waals surface area (Å²) >= 11 is 0. The molecule has 0 fully saturated rings. The maximum Gasteiger partial charge on any atom is 0.175 e. The van der Waals surface area contributed by atoms with Crippen LogP contribution in [0.5, 0.6) is 0 Å².